The number of aromatic nitrogens is 2. The largest absolute Gasteiger partial charge is 0.271 e. The van der Waals surface area contributed by atoms with Crippen molar-refractivity contribution in [2.24, 2.45) is 5.10 Å². The third-order valence-electron chi connectivity index (χ3n) is 3.80. The van der Waals surface area contributed by atoms with Gasteiger partial charge in [-0.3, -0.25) is 4.79 Å². The van der Waals surface area contributed by atoms with E-state index in [1.807, 2.05) is 32.0 Å². The number of thioether (sulfide) groups is 1. The zero-order valence-corrected chi connectivity index (χ0v) is 16.3. The number of halogens is 1. The summed E-state index contributed by atoms with van der Waals surface area (Å²) in [5, 5.41) is 4.64. The Morgan fingerprint density at radius 3 is 2.36 bits per heavy atom. The molecule has 3 aromatic rings. The van der Waals surface area contributed by atoms with E-state index in [4.69, 9.17) is 0 Å². The fourth-order valence-electron chi connectivity index (χ4n) is 2.44. The quantitative estimate of drug-likeness (QED) is 0.293. The Labute approximate surface area is 167 Å². The second kappa shape index (κ2) is 9.23. The number of hydrogen-bond donors (Lipinski definition) is 1. The van der Waals surface area contributed by atoms with E-state index in [2.05, 4.69) is 20.5 Å². The minimum absolute atomic E-state index is 0.310. The molecular weight excluding hydrogens is 375 g/mol. The number of nitrogens with zero attached hydrogens (tertiary/aromatic N) is 3. The maximum absolute atomic E-state index is 12.9. The summed E-state index contributed by atoms with van der Waals surface area (Å²) in [4.78, 5) is 21.0. The van der Waals surface area contributed by atoms with Crippen molar-refractivity contribution < 1.29 is 9.18 Å². The van der Waals surface area contributed by atoms with E-state index in [1.54, 1.807) is 36.0 Å². The first-order valence-corrected chi connectivity index (χ1v) is 9.61. The molecule has 0 bridgehead atoms. The van der Waals surface area contributed by atoms with Gasteiger partial charge in [-0.1, -0.05) is 36.0 Å². The molecule has 0 unspecified atom stereocenters. The van der Waals surface area contributed by atoms with Gasteiger partial charge in [-0.05, 0) is 55.3 Å². The van der Waals surface area contributed by atoms with Crippen LogP contribution < -0.4 is 5.43 Å². The van der Waals surface area contributed by atoms with Crippen LogP contribution in [0.25, 0.3) is 0 Å². The van der Waals surface area contributed by atoms with Gasteiger partial charge < -0.3 is 0 Å². The molecule has 1 heterocycles. The standard InChI is InChI=1S/C21H19FN4OS/c1-14-11-15(2)25-21(24-14)28-13-17-3-7-18(8-4-17)20(27)26-23-12-16-5-9-19(22)10-6-16/h3-12H,13H2,1-2H3,(H,26,27)/b23-12-. The first kappa shape index (κ1) is 19.7. The van der Waals surface area contributed by atoms with Gasteiger partial charge >= 0.3 is 0 Å². The number of hydrogen-bond acceptors (Lipinski definition) is 5. The van der Waals surface area contributed by atoms with Crippen LogP contribution in [0.3, 0.4) is 0 Å². The summed E-state index contributed by atoms with van der Waals surface area (Å²) >= 11 is 1.56. The second-order valence-corrected chi connectivity index (χ2v) is 7.11. The molecule has 3 rings (SSSR count). The molecule has 28 heavy (non-hydrogen) atoms. The van der Waals surface area contributed by atoms with Crippen molar-refractivity contribution in [1.29, 1.82) is 0 Å². The molecule has 142 valence electrons. The van der Waals surface area contributed by atoms with E-state index in [0.717, 1.165) is 22.1 Å². The van der Waals surface area contributed by atoms with E-state index >= 15 is 0 Å². The van der Waals surface area contributed by atoms with Crippen molar-refractivity contribution in [2.45, 2.75) is 24.8 Å². The van der Waals surface area contributed by atoms with Crippen LogP contribution in [0.2, 0.25) is 0 Å². The molecule has 0 spiro atoms. The molecular formula is C21H19FN4OS. The molecule has 0 aliphatic rings. The highest BCUT2D eigenvalue weighted by molar-refractivity contribution is 7.98. The van der Waals surface area contributed by atoms with Crippen LogP contribution in [-0.4, -0.2) is 22.1 Å². The van der Waals surface area contributed by atoms with E-state index in [9.17, 15) is 9.18 Å². The van der Waals surface area contributed by atoms with Crippen molar-refractivity contribution >= 4 is 23.9 Å². The van der Waals surface area contributed by atoms with Gasteiger partial charge in [0, 0.05) is 22.7 Å². The lowest BCUT2D eigenvalue weighted by Crippen LogP contribution is -2.17. The topological polar surface area (TPSA) is 67.2 Å². The fraction of sp³-hybridized carbons (Fsp3) is 0.143. The zero-order valence-electron chi connectivity index (χ0n) is 15.5. The molecule has 0 fully saturated rings. The van der Waals surface area contributed by atoms with Gasteiger partial charge in [-0.25, -0.2) is 19.8 Å². The Hall–Kier alpha value is -3.06. The van der Waals surface area contributed by atoms with Gasteiger partial charge in [-0.2, -0.15) is 5.10 Å². The molecule has 7 heteroatoms. The van der Waals surface area contributed by atoms with Crippen LogP contribution in [0.4, 0.5) is 4.39 Å². The van der Waals surface area contributed by atoms with Crippen molar-refractivity contribution in [1.82, 2.24) is 15.4 Å². The third kappa shape index (κ3) is 5.72. The van der Waals surface area contributed by atoms with Crippen LogP contribution in [0.15, 0.2) is 64.9 Å². The maximum Gasteiger partial charge on any atom is 0.271 e. The van der Waals surface area contributed by atoms with Crippen LogP contribution in [0.1, 0.15) is 32.9 Å². The summed E-state index contributed by atoms with van der Waals surface area (Å²) in [6.07, 6.45) is 1.46. The summed E-state index contributed by atoms with van der Waals surface area (Å²) in [5.41, 5.74) is 6.63. The van der Waals surface area contributed by atoms with Crippen LogP contribution in [0, 0.1) is 19.7 Å². The lowest BCUT2D eigenvalue weighted by molar-refractivity contribution is 0.0955. The zero-order chi connectivity index (χ0) is 19.9. The highest BCUT2D eigenvalue weighted by Gasteiger charge is 2.06. The predicted octanol–water partition coefficient (Wildman–Crippen LogP) is 4.29. The first-order chi connectivity index (χ1) is 13.5. The number of carbonyl (C=O) groups excluding carboxylic acids is 1. The monoisotopic (exact) mass is 394 g/mol. The second-order valence-electron chi connectivity index (χ2n) is 6.17. The molecule has 0 radical (unpaired) electrons. The summed E-state index contributed by atoms with van der Waals surface area (Å²) in [7, 11) is 0. The van der Waals surface area contributed by atoms with E-state index in [1.165, 1.54) is 18.3 Å². The van der Waals surface area contributed by atoms with Gasteiger partial charge in [0.1, 0.15) is 5.82 Å². The summed E-state index contributed by atoms with van der Waals surface area (Å²) < 4.78 is 12.9. The van der Waals surface area contributed by atoms with E-state index < -0.39 is 0 Å². The van der Waals surface area contributed by atoms with E-state index in [0.29, 0.717) is 16.9 Å². The molecule has 1 aromatic heterocycles. The van der Waals surface area contributed by atoms with Crippen LogP contribution in [-0.2, 0) is 5.75 Å². The number of benzene rings is 2. The Kier molecular flexibility index (Phi) is 6.49. The van der Waals surface area contributed by atoms with Crippen molar-refractivity contribution in [3.8, 4) is 0 Å². The number of rotatable bonds is 6. The molecule has 1 amide bonds. The van der Waals surface area contributed by atoms with Crippen LogP contribution in [0.5, 0.6) is 0 Å². The van der Waals surface area contributed by atoms with Crippen molar-refractivity contribution in [2.75, 3.05) is 0 Å². The Morgan fingerprint density at radius 1 is 1.07 bits per heavy atom. The minimum Gasteiger partial charge on any atom is -0.267 e. The molecule has 0 saturated carbocycles. The number of carbonyl (C=O) groups is 1. The molecule has 0 atom stereocenters. The average Bonchev–Trinajstić information content (AvgIpc) is 2.67. The van der Waals surface area contributed by atoms with E-state index in [-0.39, 0.29) is 11.7 Å². The Bertz CT molecular complexity index is 968. The summed E-state index contributed by atoms with van der Waals surface area (Å²) in [6.45, 7) is 3.90. The van der Waals surface area contributed by atoms with Crippen molar-refractivity contribution in [3.05, 3.63) is 88.5 Å². The summed E-state index contributed by atoms with van der Waals surface area (Å²) in [6, 6.07) is 15.1. The maximum atomic E-state index is 12.9. The molecule has 0 aliphatic carbocycles. The van der Waals surface area contributed by atoms with Gasteiger partial charge in [-0.15, -0.1) is 0 Å². The highest BCUT2D eigenvalue weighted by Crippen LogP contribution is 2.20. The number of aryl methyl sites for hydroxylation is 2. The third-order valence-corrected chi connectivity index (χ3v) is 4.71. The van der Waals surface area contributed by atoms with Gasteiger partial charge in [0.25, 0.3) is 5.91 Å². The molecule has 2 aromatic carbocycles. The highest BCUT2D eigenvalue weighted by atomic mass is 32.2. The Balaban J connectivity index is 1.54. The SMILES string of the molecule is Cc1cc(C)nc(SCc2ccc(C(=O)N/N=C\c3ccc(F)cc3)cc2)n1. The lowest BCUT2D eigenvalue weighted by Gasteiger charge is -2.05. The predicted molar refractivity (Wildman–Crippen MR) is 109 cm³/mol. The van der Waals surface area contributed by atoms with Crippen molar-refractivity contribution in [3.63, 3.8) is 0 Å². The molecule has 1 N–H and O–H groups in total. The number of nitrogens with one attached hydrogen (secondary N) is 1. The Morgan fingerprint density at radius 2 is 1.71 bits per heavy atom. The molecule has 5 nitrogen and oxygen atoms in total. The lowest BCUT2D eigenvalue weighted by atomic mass is 10.1. The van der Waals surface area contributed by atoms with Gasteiger partial charge in [0.2, 0.25) is 0 Å². The molecule has 0 saturated heterocycles. The minimum atomic E-state index is -0.316. The molecule has 0 aliphatic heterocycles. The first-order valence-electron chi connectivity index (χ1n) is 8.62. The number of amides is 1. The van der Waals surface area contributed by atoms with Gasteiger partial charge in [0.05, 0.1) is 6.21 Å². The average molecular weight is 394 g/mol. The number of hydrazone groups is 1. The summed E-state index contributed by atoms with van der Waals surface area (Å²) in [5.74, 6) is 0.0896. The fourth-order valence-corrected chi connectivity index (χ4v) is 3.34. The van der Waals surface area contributed by atoms with Gasteiger partial charge in [0.15, 0.2) is 5.16 Å². The smallest absolute Gasteiger partial charge is 0.267 e. The normalized spacial score (nSPS) is 11.0. The van der Waals surface area contributed by atoms with Crippen LogP contribution >= 0.6 is 11.8 Å².